The molecule has 0 radical (unpaired) electrons. The summed E-state index contributed by atoms with van der Waals surface area (Å²) < 4.78 is 10.7. The van der Waals surface area contributed by atoms with E-state index < -0.39 is 0 Å². The lowest BCUT2D eigenvalue weighted by Crippen LogP contribution is -2.15. The summed E-state index contributed by atoms with van der Waals surface area (Å²) in [6.07, 6.45) is 0.989. The monoisotopic (exact) mass is 225 g/mol. The highest BCUT2D eigenvalue weighted by Crippen LogP contribution is 2.34. The third-order valence-electron chi connectivity index (χ3n) is 2.51. The van der Waals surface area contributed by atoms with E-state index >= 15 is 0 Å². The Hall–Kier alpha value is -0.870. The third kappa shape index (κ3) is 2.38. The maximum Gasteiger partial charge on any atom is 0.231 e. The van der Waals surface area contributed by atoms with E-state index in [1.165, 1.54) is 11.1 Å². The van der Waals surface area contributed by atoms with Gasteiger partial charge in [0.15, 0.2) is 11.5 Å². The largest absolute Gasteiger partial charge is 0.454 e. The summed E-state index contributed by atoms with van der Waals surface area (Å²) in [4.78, 5) is 0. The van der Waals surface area contributed by atoms with Crippen LogP contribution < -0.4 is 14.8 Å². The van der Waals surface area contributed by atoms with Gasteiger partial charge < -0.3 is 14.8 Å². The molecule has 0 saturated carbocycles. The van der Waals surface area contributed by atoms with Gasteiger partial charge in [-0.05, 0) is 43.1 Å². The van der Waals surface area contributed by atoms with Gasteiger partial charge in [0, 0.05) is 5.88 Å². The molecule has 1 heterocycles. The molecule has 0 amide bonds. The van der Waals surface area contributed by atoms with Gasteiger partial charge in [-0.25, -0.2) is 0 Å². The van der Waals surface area contributed by atoms with Crippen molar-refractivity contribution in [1.82, 2.24) is 5.32 Å². The Morgan fingerprint density at radius 3 is 2.80 bits per heavy atom. The van der Waals surface area contributed by atoms with Gasteiger partial charge in [0.2, 0.25) is 6.79 Å². The Bertz CT molecular complexity index is 355. The van der Waals surface area contributed by atoms with Crippen LogP contribution in [-0.4, -0.2) is 19.2 Å². The quantitative estimate of drug-likeness (QED) is 0.465. The number of aryl methyl sites for hydroxylation is 1. The van der Waals surface area contributed by atoms with Crippen molar-refractivity contribution in [2.75, 3.05) is 19.2 Å². The molecule has 0 fully saturated rings. The van der Waals surface area contributed by atoms with Gasteiger partial charge in [0.25, 0.3) is 0 Å². The zero-order valence-electron chi connectivity index (χ0n) is 8.75. The molecule has 1 aliphatic heterocycles. The summed E-state index contributed by atoms with van der Waals surface area (Å²) in [6, 6.07) is 4.11. The fourth-order valence-electron chi connectivity index (χ4n) is 1.66. The second kappa shape index (κ2) is 4.77. The van der Waals surface area contributed by atoms with Gasteiger partial charge in [-0.1, -0.05) is 0 Å². The van der Waals surface area contributed by atoms with Crippen LogP contribution in [0.15, 0.2) is 12.1 Å². The summed E-state index contributed by atoms with van der Waals surface area (Å²) in [5, 5.41) is 3.18. The maximum absolute atomic E-state index is 5.34. The highest BCUT2D eigenvalue weighted by Gasteiger charge is 2.15. The molecule has 1 N–H and O–H groups in total. The van der Waals surface area contributed by atoms with Crippen LogP contribution in [0.3, 0.4) is 0 Å². The van der Waals surface area contributed by atoms with E-state index in [4.69, 9.17) is 9.47 Å². The molecular formula is C11H15NO2S. The highest BCUT2D eigenvalue weighted by molar-refractivity contribution is 7.80. The molecule has 0 saturated heterocycles. The average molecular weight is 225 g/mol. The van der Waals surface area contributed by atoms with Crippen molar-refractivity contribution in [3.63, 3.8) is 0 Å². The van der Waals surface area contributed by atoms with Crippen molar-refractivity contribution < 1.29 is 9.47 Å². The number of hydrogen-bond acceptors (Lipinski definition) is 4. The second-order valence-corrected chi connectivity index (χ2v) is 3.86. The molecule has 0 atom stereocenters. The van der Waals surface area contributed by atoms with Crippen LogP contribution in [0, 0.1) is 6.92 Å². The van der Waals surface area contributed by atoms with Gasteiger partial charge in [-0.15, -0.1) is 0 Å². The average Bonchev–Trinajstić information content (AvgIpc) is 2.65. The number of nitrogens with one attached hydrogen (secondary N) is 1. The molecule has 0 unspecified atom stereocenters. The van der Waals surface area contributed by atoms with Crippen molar-refractivity contribution >= 4 is 12.6 Å². The molecule has 0 aliphatic carbocycles. The number of ether oxygens (including phenoxy) is 2. The lowest BCUT2D eigenvalue weighted by molar-refractivity contribution is 0.174. The molecule has 1 aromatic carbocycles. The van der Waals surface area contributed by atoms with E-state index in [1.54, 1.807) is 0 Å². The molecule has 1 aromatic rings. The van der Waals surface area contributed by atoms with E-state index in [2.05, 4.69) is 30.9 Å². The Labute approximate surface area is 95.2 Å². The molecule has 82 valence electrons. The van der Waals surface area contributed by atoms with E-state index in [0.717, 1.165) is 24.5 Å². The predicted octanol–water partition coefficient (Wildman–Crippen LogP) is 1.74. The van der Waals surface area contributed by atoms with Crippen molar-refractivity contribution in [3.05, 3.63) is 23.3 Å². The van der Waals surface area contributed by atoms with Crippen molar-refractivity contribution in [2.45, 2.75) is 13.3 Å². The van der Waals surface area contributed by atoms with E-state index in [0.29, 0.717) is 12.7 Å². The number of rotatable bonds is 4. The molecule has 2 rings (SSSR count). The molecule has 3 nitrogen and oxygen atoms in total. The van der Waals surface area contributed by atoms with Gasteiger partial charge >= 0.3 is 0 Å². The van der Waals surface area contributed by atoms with Crippen molar-refractivity contribution in [2.24, 2.45) is 0 Å². The first-order valence-corrected chi connectivity index (χ1v) is 5.65. The SMILES string of the molecule is Cc1cc2c(cc1CCNCS)OCO2. The van der Waals surface area contributed by atoms with Crippen LogP contribution in [-0.2, 0) is 6.42 Å². The van der Waals surface area contributed by atoms with Gasteiger partial charge in [0.1, 0.15) is 0 Å². The van der Waals surface area contributed by atoms with Crippen LogP contribution >= 0.6 is 12.6 Å². The third-order valence-corrected chi connectivity index (χ3v) is 2.74. The molecule has 0 spiro atoms. The summed E-state index contributed by atoms with van der Waals surface area (Å²) in [5.41, 5.74) is 2.55. The lowest BCUT2D eigenvalue weighted by Gasteiger charge is -2.07. The molecule has 4 heteroatoms. The van der Waals surface area contributed by atoms with E-state index in [-0.39, 0.29) is 0 Å². The van der Waals surface area contributed by atoms with Crippen LogP contribution in [0.1, 0.15) is 11.1 Å². The topological polar surface area (TPSA) is 30.5 Å². The minimum absolute atomic E-state index is 0.340. The molecular weight excluding hydrogens is 210 g/mol. The number of hydrogen-bond donors (Lipinski definition) is 2. The van der Waals surface area contributed by atoms with Gasteiger partial charge in [-0.3, -0.25) is 0 Å². The number of thiol groups is 1. The summed E-state index contributed by atoms with van der Waals surface area (Å²) in [7, 11) is 0. The smallest absolute Gasteiger partial charge is 0.231 e. The number of fused-ring (bicyclic) bond motifs is 1. The van der Waals surface area contributed by atoms with Crippen LogP contribution in [0.4, 0.5) is 0 Å². The van der Waals surface area contributed by atoms with Crippen LogP contribution in [0.25, 0.3) is 0 Å². The van der Waals surface area contributed by atoms with E-state index in [9.17, 15) is 0 Å². The first kappa shape index (κ1) is 10.6. The Morgan fingerprint density at radius 1 is 1.33 bits per heavy atom. The highest BCUT2D eigenvalue weighted by atomic mass is 32.1. The maximum atomic E-state index is 5.34. The first-order chi connectivity index (χ1) is 7.31. The normalized spacial score (nSPS) is 13.2. The Morgan fingerprint density at radius 2 is 2.07 bits per heavy atom. The predicted molar refractivity (Wildman–Crippen MR) is 62.9 cm³/mol. The first-order valence-electron chi connectivity index (χ1n) is 5.02. The zero-order valence-corrected chi connectivity index (χ0v) is 9.64. The fourth-order valence-corrected chi connectivity index (χ4v) is 1.82. The Balaban J connectivity index is 2.10. The second-order valence-electron chi connectivity index (χ2n) is 3.54. The number of benzene rings is 1. The summed E-state index contributed by atoms with van der Waals surface area (Å²) in [6.45, 7) is 3.37. The van der Waals surface area contributed by atoms with E-state index in [1.807, 2.05) is 6.07 Å². The van der Waals surface area contributed by atoms with Gasteiger partial charge in [0.05, 0.1) is 0 Å². The molecule has 15 heavy (non-hydrogen) atoms. The standard InChI is InChI=1S/C11H15NO2S/c1-8-4-10-11(14-7-13-10)5-9(8)2-3-12-6-15/h4-5,12,15H,2-3,6-7H2,1H3. The van der Waals surface area contributed by atoms with Crippen molar-refractivity contribution in [3.8, 4) is 11.5 Å². The minimum Gasteiger partial charge on any atom is -0.454 e. The van der Waals surface area contributed by atoms with Gasteiger partial charge in [-0.2, -0.15) is 12.6 Å². The summed E-state index contributed by atoms with van der Waals surface area (Å²) >= 11 is 4.10. The fraction of sp³-hybridized carbons (Fsp3) is 0.455. The summed E-state index contributed by atoms with van der Waals surface area (Å²) in [5.74, 6) is 2.43. The lowest BCUT2D eigenvalue weighted by atomic mass is 10.0. The van der Waals surface area contributed by atoms with Crippen molar-refractivity contribution in [1.29, 1.82) is 0 Å². The molecule has 1 aliphatic rings. The molecule has 0 bridgehead atoms. The molecule has 0 aromatic heterocycles. The minimum atomic E-state index is 0.340. The zero-order chi connectivity index (χ0) is 10.7. The van der Waals surface area contributed by atoms with Crippen LogP contribution in [0.5, 0.6) is 11.5 Å². The Kier molecular flexibility index (Phi) is 3.38. The van der Waals surface area contributed by atoms with Crippen LogP contribution in [0.2, 0.25) is 0 Å².